The lowest BCUT2D eigenvalue weighted by Gasteiger charge is -2.16. The number of ether oxygens (including phenoxy) is 2. The van der Waals surface area contributed by atoms with Gasteiger partial charge in [0, 0.05) is 0 Å². The molecule has 1 atom stereocenters. The summed E-state index contributed by atoms with van der Waals surface area (Å²) < 4.78 is 36.1. The van der Waals surface area contributed by atoms with E-state index in [4.69, 9.17) is 14.6 Å². The molecule has 0 amide bonds. The molecule has 1 N–H and O–H groups in total. The Balaban J connectivity index is 2.50. The SMILES string of the molecule is CC1(C)OCC(OS(=O)(=O)CO)O1. The van der Waals surface area contributed by atoms with Gasteiger partial charge in [0.1, 0.15) is 6.61 Å². The number of hydrogen-bond acceptors (Lipinski definition) is 6. The molecule has 1 aliphatic heterocycles. The van der Waals surface area contributed by atoms with Gasteiger partial charge in [-0.2, -0.15) is 8.42 Å². The van der Waals surface area contributed by atoms with Gasteiger partial charge in [0.05, 0.1) is 0 Å². The molecule has 1 saturated heterocycles. The van der Waals surface area contributed by atoms with Gasteiger partial charge in [0.2, 0.25) is 6.29 Å². The summed E-state index contributed by atoms with van der Waals surface area (Å²) in [6.45, 7) is 3.32. The van der Waals surface area contributed by atoms with E-state index < -0.39 is 28.1 Å². The van der Waals surface area contributed by atoms with E-state index in [0.717, 1.165) is 0 Å². The summed E-state index contributed by atoms with van der Waals surface area (Å²) in [6, 6.07) is 0. The molecular formula is C6H12O6S. The first-order valence-electron chi connectivity index (χ1n) is 3.68. The van der Waals surface area contributed by atoms with Crippen molar-refractivity contribution in [1.29, 1.82) is 0 Å². The lowest BCUT2D eigenvalue weighted by Crippen LogP contribution is -2.25. The van der Waals surface area contributed by atoms with Crippen LogP contribution in [0.1, 0.15) is 13.8 Å². The summed E-state index contributed by atoms with van der Waals surface area (Å²) in [5.74, 6) is -1.90. The highest BCUT2D eigenvalue weighted by Crippen LogP contribution is 2.23. The van der Waals surface area contributed by atoms with E-state index >= 15 is 0 Å². The fourth-order valence-corrected chi connectivity index (χ4v) is 1.38. The molecule has 1 heterocycles. The molecule has 0 aliphatic carbocycles. The number of hydrogen-bond donors (Lipinski definition) is 1. The van der Waals surface area contributed by atoms with Crippen molar-refractivity contribution in [1.82, 2.24) is 0 Å². The Bertz CT molecular complexity index is 269. The summed E-state index contributed by atoms with van der Waals surface area (Å²) >= 11 is 0. The molecule has 7 heteroatoms. The van der Waals surface area contributed by atoms with Crippen LogP contribution in [0.2, 0.25) is 0 Å². The Morgan fingerprint density at radius 2 is 2.23 bits per heavy atom. The number of aliphatic hydroxyl groups is 1. The van der Waals surface area contributed by atoms with E-state index in [1.807, 2.05) is 0 Å². The minimum absolute atomic E-state index is 0.0340. The van der Waals surface area contributed by atoms with Gasteiger partial charge < -0.3 is 14.6 Å². The van der Waals surface area contributed by atoms with Crippen LogP contribution < -0.4 is 0 Å². The molecule has 0 spiro atoms. The fourth-order valence-electron chi connectivity index (χ4n) is 0.895. The van der Waals surface area contributed by atoms with E-state index in [1.165, 1.54) is 0 Å². The molecule has 1 fully saturated rings. The molecule has 0 radical (unpaired) electrons. The molecule has 1 unspecified atom stereocenters. The molecule has 0 aromatic heterocycles. The van der Waals surface area contributed by atoms with Crippen LogP contribution >= 0.6 is 0 Å². The standard InChI is InChI=1S/C6H12O6S/c1-6(2)10-3-5(11-6)12-13(8,9)4-7/h5,7H,3-4H2,1-2H3. The highest BCUT2D eigenvalue weighted by atomic mass is 32.2. The molecule has 6 nitrogen and oxygen atoms in total. The second kappa shape index (κ2) is 3.50. The lowest BCUT2D eigenvalue weighted by atomic mass is 10.4. The summed E-state index contributed by atoms with van der Waals surface area (Å²) in [5.41, 5.74) is 0. The zero-order valence-corrected chi connectivity index (χ0v) is 8.20. The van der Waals surface area contributed by atoms with Crippen molar-refractivity contribution >= 4 is 10.1 Å². The van der Waals surface area contributed by atoms with Crippen molar-refractivity contribution in [2.75, 3.05) is 12.5 Å². The van der Waals surface area contributed by atoms with Gasteiger partial charge in [0.15, 0.2) is 11.7 Å². The van der Waals surface area contributed by atoms with Gasteiger partial charge in [-0.15, -0.1) is 0 Å². The zero-order valence-electron chi connectivity index (χ0n) is 7.39. The maximum Gasteiger partial charge on any atom is 0.294 e. The van der Waals surface area contributed by atoms with Gasteiger partial charge >= 0.3 is 0 Å². The van der Waals surface area contributed by atoms with Crippen molar-refractivity contribution in [2.45, 2.75) is 25.9 Å². The van der Waals surface area contributed by atoms with Crippen LogP contribution in [-0.2, 0) is 23.8 Å². The molecule has 13 heavy (non-hydrogen) atoms. The van der Waals surface area contributed by atoms with Crippen molar-refractivity contribution in [3.8, 4) is 0 Å². The van der Waals surface area contributed by atoms with Gasteiger partial charge in [-0.1, -0.05) is 0 Å². The molecule has 0 aromatic carbocycles. The average molecular weight is 212 g/mol. The minimum atomic E-state index is -3.90. The smallest absolute Gasteiger partial charge is 0.294 e. The maximum atomic E-state index is 10.8. The van der Waals surface area contributed by atoms with Crippen LogP contribution in [-0.4, -0.2) is 38.1 Å². The molecule has 0 aromatic rings. The largest absolute Gasteiger partial charge is 0.378 e. The van der Waals surface area contributed by atoms with Crippen LogP contribution in [0.3, 0.4) is 0 Å². The second-order valence-electron chi connectivity index (χ2n) is 3.04. The monoisotopic (exact) mass is 212 g/mol. The summed E-state index contributed by atoms with van der Waals surface area (Å²) in [7, 11) is -3.90. The number of rotatable bonds is 3. The van der Waals surface area contributed by atoms with Gasteiger partial charge in [-0.25, -0.2) is 4.18 Å². The van der Waals surface area contributed by atoms with Crippen LogP contribution in [0.4, 0.5) is 0 Å². The third kappa shape index (κ3) is 3.20. The second-order valence-corrected chi connectivity index (χ2v) is 4.61. The van der Waals surface area contributed by atoms with E-state index in [0.29, 0.717) is 0 Å². The third-order valence-corrected chi connectivity index (χ3v) is 2.22. The average Bonchev–Trinajstić information content (AvgIpc) is 2.29. The van der Waals surface area contributed by atoms with E-state index in [-0.39, 0.29) is 6.61 Å². The van der Waals surface area contributed by atoms with E-state index in [2.05, 4.69) is 4.18 Å². The molecule has 0 bridgehead atoms. The third-order valence-electron chi connectivity index (χ3n) is 1.39. The van der Waals surface area contributed by atoms with Crippen molar-refractivity contribution in [2.24, 2.45) is 0 Å². The summed E-state index contributed by atoms with van der Waals surface area (Å²) in [4.78, 5) is 0. The Morgan fingerprint density at radius 3 is 2.62 bits per heavy atom. The predicted molar refractivity (Wildman–Crippen MR) is 42.0 cm³/mol. The van der Waals surface area contributed by atoms with Gasteiger partial charge in [-0.05, 0) is 13.8 Å². The topological polar surface area (TPSA) is 82.1 Å². The van der Waals surface area contributed by atoms with Crippen LogP contribution in [0.25, 0.3) is 0 Å². The van der Waals surface area contributed by atoms with Crippen molar-refractivity contribution in [3.05, 3.63) is 0 Å². The van der Waals surface area contributed by atoms with Gasteiger partial charge in [-0.3, -0.25) is 0 Å². The Kier molecular flexibility index (Phi) is 2.93. The van der Waals surface area contributed by atoms with Gasteiger partial charge in [0.25, 0.3) is 10.1 Å². The molecule has 1 aliphatic rings. The predicted octanol–water partition coefficient (Wildman–Crippen LogP) is -0.608. The maximum absolute atomic E-state index is 10.8. The zero-order chi connectivity index (χ0) is 10.1. The van der Waals surface area contributed by atoms with Crippen LogP contribution in [0, 0.1) is 0 Å². The molecule has 1 rings (SSSR count). The van der Waals surface area contributed by atoms with E-state index in [1.54, 1.807) is 13.8 Å². The van der Waals surface area contributed by atoms with Crippen molar-refractivity contribution in [3.63, 3.8) is 0 Å². The lowest BCUT2D eigenvalue weighted by molar-refractivity contribution is -0.166. The minimum Gasteiger partial charge on any atom is -0.378 e. The summed E-state index contributed by atoms with van der Waals surface area (Å²) in [5, 5.41) is 8.38. The highest BCUT2D eigenvalue weighted by Gasteiger charge is 2.35. The van der Waals surface area contributed by atoms with Crippen molar-refractivity contribution < 1.29 is 27.2 Å². The quantitative estimate of drug-likeness (QED) is 0.628. The fraction of sp³-hybridized carbons (Fsp3) is 1.00. The number of aliphatic hydroxyl groups excluding tert-OH is 1. The van der Waals surface area contributed by atoms with E-state index in [9.17, 15) is 8.42 Å². The molecular weight excluding hydrogens is 200 g/mol. The first kappa shape index (κ1) is 10.9. The molecule has 78 valence electrons. The first-order chi connectivity index (χ1) is 5.85. The molecule has 0 saturated carbocycles. The normalized spacial score (nSPS) is 27.8. The Hall–Kier alpha value is -0.210. The van der Waals surface area contributed by atoms with Crippen LogP contribution in [0.15, 0.2) is 0 Å². The van der Waals surface area contributed by atoms with Crippen LogP contribution in [0.5, 0.6) is 0 Å². The first-order valence-corrected chi connectivity index (χ1v) is 5.26. The Morgan fingerprint density at radius 1 is 1.62 bits per heavy atom. The Labute approximate surface area is 76.5 Å². The highest BCUT2D eigenvalue weighted by molar-refractivity contribution is 7.86. The summed E-state index contributed by atoms with van der Waals surface area (Å²) in [6.07, 6.45) is -0.966.